The summed E-state index contributed by atoms with van der Waals surface area (Å²) in [4.78, 5) is 14.2. The Hall–Kier alpha value is -1.10. The van der Waals surface area contributed by atoms with E-state index >= 15 is 0 Å². The number of Topliss-reactive ketones (excluding diaryl/α,β-unsaturated/α-hetero) is 1. The maximum atomic E-state index is 12.0. The van der Waals surface area contributed by atoms with Gasteiger partial charge in [0.1, 0.15) is 5.15 Å². The minimum Gasteiger partial charge on any atom is -0.284 e. The largest absolute Gasteiger partial charge is 0.454 e. The summed E-state index contributed by atoms with van der Waals surface area (Å²) < 4.78 is 36.0. The zero-order chi connectivity index (χ0) is 10.9. The van der Waals surface area contributed by atoms with Crippen LogP contribution in [0.5, 0.6) is 0 Å². The molecule has 0 amide bonds. The molecule has 0 saturated carbocycles. The molecule has 0 unspecified atom stereocenters. The Balaban J connectivity index is 3.19. The van der Waals surface area contributed by atoms with Gasteiger partial charge in [0.25, 0.3) is 5.78 Å². The van der Waals surface area contributed by atoms with E-state index in [2.05, 4.69) is 4.98 Å². The van der Waals surface area contributed by atoms with Gasteiger partial charge in [0.2, 0.25) is 0 Å². The fraction of sp³-hybridized carbons (Fsp3) is 0.250. The number of alkyl halides is 3. The lowest BCUT2D eigenvalue weighted by molar-refractivity contribution is -0.0885. The van der Waals surface area contributed by atoms with Crippen molar-refractivity contribution in [2.75, 3.05) is 0 Å². The molecular weight excluding hydrogens is 219 g/mol. The van der Waals surface area contributed by atoms with E-state index in [-0.39, 0.29) is 0 Å². The average molecular weight is 224 g/mol. The summed E-state index contributed by atoms with van der Waals surface area (Å²) in [7, 11) is 0. The number of carbonyl (C=O) groups is 1. The molecule has 1 rings (SSSR count). The van der Waals surface area contributed by atoms with E-state index in [9.17, 15) is 18.0 Å². The second-order valence-corrected chi connectivity index (χ2v) is 3.04. The van der Waals surface area contributed by atoms with Crippen LogP contribution in [0.2, 0.25) is 5.15 Å². The molecule has 0 aliphatic carbocycles. The van der Waals surface area contributed by atoms with Gasteiger partial charge in [-0.25, -0.2) is 4.98 Å². The van der Waals surface area contributed by atoms with Gasteiger partial charge < -0.3 is 0 Å². The van der Waals surface area contributed by atoms with Crippen molar-refractivity contribution in [3.63, 3.8) is 0 Å². The molecule has 0 aliphatic heterocycles. The molecule has 14 heavy (non-hydrogen) atoms. The fourth-order valence-electron chi connectivity index (χ4n) is 0.864. The van der Waals surface area contributed by atoms with Gasteiger partial charge in [0.05, 0.1) is 5.56 Å². The highest BCUT2D eigenvalue weighted by molar-refractivity contribution is 6.33. The van der Waals surface area contributed by atoms with Gasteiger partial charge in [-0.05, 0) is 18.6 Å². The lowest BCUT2D eigenvalue weighted by Gasteiger charge is -2.06. The second kappa shape index (κ2) is 3.57. The Morgan fingerprint density at radius 3 is 2.57 bits per heavy atom. The molecule has 76 valence electrons. The molecule has 0 bridgehead atoms. The Labute approximate surface area is 82.7 Å². The van der Waals surface area contributed by atoms with Gasteiger partial charge in [-0.15, -0.1) is 0 Å². The van der Waals surface area contributed by atoms with Crippen molar-refractivity contribution in [3.05, 3.63) is 28.5 Å². The molecule has 0 atom stereocenters. The lowest BCUT2D eigenvalue weighted by Crippen LogP contribution is -2.23. The van der Waals surface area contributed by atoms with Crippen LogP contribution in [0.4, 0.5) is 13.2 Å². The summed E-state index contributed by atoms with van der Waals surface area (Å²) in [6, 6.07) is 1.06. The van der Waals surface area contributed by atoms with Gasteiger partial charge in [-0.2, -0.15) is 13.2 Å². The van der Waals surface area contributed by atoms with E-state index in [0.29, 0.717) is 5.56 Å². The SMILES string of the molecule is Cc1cnc(Cl)c(C(=O)C(F)(F)F)c1. The maximum Gasteiger partial charge on any atom is 0.454 e. The van der Waals surface area contributed by atoms with Crippen molar-refractivity contribution >= 4 is 17.4 Å². The van der Waals surface area contributed by atoms with Crippen LogP contribution in [0.15, 0.2) is 12.3 Å². The van der Waals surface area contributed by atoms with Crippen molar-refractivity contribution in [2.45, 2.75) is 13.1 Å². The van der Waals surface area contributed by atoms with Crippen LogP contribution >= 0.6 is 11.6 Å². The summed E-state index contributed by atoms with van der Waals surface area (Å²) in [6.07, 6.45) is -3.63. The first-order valence-electron chi connectivity index (χ1n) is 3.56. The number of hydrogen-bond acceptors (Lipinski definition) is 2. The highest BCUT2D eigenvalue weighted by atomic mass is 35.5. The molecule has 2 nitrogen and oxygen atoms in total. The third kappa shape index (κ3) is 2.23. The Morgan fingerprint density at radius 1 is 1.50 bits per heavy atom. The monoisotopic (exact) mass is 223 g/mol. The summed E-state index contributed by atoms with van der Waals surface area (Å²) >= 11 is 5.37. The number of halogens is 4. The predicted octanol–water partition coefficient (Wildman–Crippen LogP) is 2.79. The lowest BCUT2D eigenvalue weighted by atomic mass is 10.1. The van der Waals surface area contributed by atoms with Gasteiger partial charge in [0, 0.05) is 6.20 Å². The van der Waals surface area contributed by atoms with Crippen LogP contribution in [-0.4, -0.2) is 16.9 Å². The molecule has 0 saturated heterocycles. The third-order valence-electron chi connectivity index (χ3n) is 1.48. The molecular formula is C8H5ClF3NO. The van der Waals surface area contributed by atoms with Crippen LogP contribution in [0.1, 0.15) is 15.9 Å². The zero-order valence-corrected chi connectivity index (χ0v) is 7.78. The van der Waals surface area contributed by atoms with Gasteiger partial charge in [-0.1, -0.05) is 11.6 Å². The Morgan fingerprint density at radius 2 is 2.07 bits per heavy atom. The third-order valence-corrected chi connectivity index (χ3v) is 1.78. The number of nitrogens with zero attached hydrogens (tertiary/aromatic N) is 1. The van der Waals surface area contributed by atoms with Crippen LogP contribution in [0.3, 0.4) is 0 Å². The molecule has 1 aromatic heterocycles. The molecule has 0 fully saturated rings. The summed E-state index contributed by atoms with van der Waals surface area (Å²) in [5, 5.41) is -0.432. The van der Waals surface area contributed by atoms with Crippen molar-refractivity contribution in [1.82, 2.24) is 4.98 Å². The first kappa shape index (κ1) is 11.0. The van der Waals surface area contributed by atoms with Crippen molar-refractivity contribution < 1.29 is 18.0 Å². The standard InChI is InChI=1S/C8H5ClF3NO/c1-4-2-5(7(9)13-3-4)6(14)8(10,11)12/h2-3H,1H3. The van der Waals surface area contributed by atoms with Crippen LogP contribution < -0.4 is 0 Å². The van der Waals surface area contributed by atoms with Gasteiger partial charge in [-0.3, -0.25) is 4.79 Å². The average Bonchev–Trinajstić information content (AvgIpc) is 2.06. The molecule has 0 aliphatic rings. The molecule has 0 N–H and O–H groups in total. The first-order valence-corrected chi connectivity index (χ1v) is 3.94. The molecule has 6 heteroatoms. The van der Waals surface area contributed by atoms with E-state index < -0.39 is 22.7 Å². The number of aromatic nitrogens is 1. The number of carbonyl (C=O) groups excluding carboxylic acids is 1. The van der Waals surface area contributed by atoms with E-state index in [1.165, 1.54) is 13.1 Å². The minimum atomic E-state index is -4.92. The second-order valence-electron chi connectivity index (χ2n) is 2.68. The number of hydrogen-bond donors (Lipinski definition) is 0. The smallest absolute Gasteiger partial charge is 0.284 e. The first-order chi connectivity index (χ1) is 6.32. The normalized spacial score (nSPS) is 11.5. The zero-order valence-electron chi connectivity index (χ0n) is 7.02. The fourth-order valence-corrected chi connectivity index (χ4v) is 1.05. The highest BCUT2D eigenvalue weighted by Crippen LogP contribution is 2.25. The molecule has 1 aromatic rings. The van der Waals surface area contributed by atoms with Gasteiger partial charge >= 0.3 is 6.18 Å². The van der Waals surface area contributed by atoms with Crippen molar-refractivity contribution in [2.24, 2.45) is 0 Å². The van der Waals surface area contributed by atoms with Gasteiger partial charge in [0.15, 0.2) is 0 Å². The van der Waals surface area contributed by atoms with Crippen LogP contribution in [0, 0.1) is 6.92 Å². The summed E-state index contributed by atoms with van der Waals surface area (Å²) in [5.74, 6) is -1.97. The topological polar surface area (TPSA) is 30.0 Å². The van der Waals surface area contributed by atoms with Crippen LogP contribution in [0.25, 0.3) is 0 Å². The number of pyridine rings is 1. The number of ketones is 1. The van der Waals surface area contributed by atoms with Crippen molar-refractivity contribution in [3.8, 4) is 0 Å². The molecule has 0 aromatic carbocycles. The maximum absolute atomic E-state index is 12.0. The van der Waals surface area contributed by atoms with E-state index in [1.807, 2.05) is 0 Å². The Kier molecular flexibility index (Phi) is 2.80. The Bertz CT molecular complexity index is 375. The predicted molar refractivity (Wildman–Crippen MR) is 44.4 cm³/mol. The van der Waals surface area contributed by atoms with E-state index in [4.69, 9.17) is 11.6 Å². The number of rotatable bonds is 1. The minimum absolute atomic E-state index is 0.432. The molecule has 0 radical (unpaired) electrons. The molecule has 0 spiro atoms. The van der Waals surface area contributed by atoms with Crippen molar-refractivity contribution in [1.29, 1.82) is 0 Å². The van der Waals surface area contributed by atoms with Crippen LogP contribution in [-0.2, 0) is 0 Å². The quantitative estimate of drug-likeness (QED) is 0.541. The summed E-state index contributed by atoms with van der Waals surface area (Å²) in [5.41, 5.74) is -0.166. The van der Waals surface area contributed by atoms with E-state index in [0.717, 1.165) is 6.07 Å². The molecule has 1 heterocycles. The highest BCUT2D eigenvalue weighted by Gasteiger charge is 2.40. The number of aryl methyl sites for hydroxylation is 1. The van der Waals surface area contributed by atoms with E-state index in [1.54, 1.807) is 0 Å². The summed E-state index contributed by atoms with van der Waals surface area (Å²) in [6.45, 7) is 1.52.